The smallest absolute Gasteiger partial charge is 0.271 e. The Hall–Kier alpha value is -2.15. The number of carbonyl (C=O) groups excluding carboxylic acids is 2. The molecule has 2 heterocycles. The van der Waals surface area contributed by atoms with Gasteiger partial charge in [0, 0.05) is 5.69 Å². The number of aromatic nitrogens is 2. The van der Waals surface area contributed by atoms with Gasteiger partial charge in [-0.05, 0) is 43.8 Å². The highest BCUT2D eigenvalue weighted by atomic mass is 32.1. The van der Waals surface area contributed by atoms with Crippen molar-refractivity contribution >= 4 is 23.2 Å². The lowest BCUT2D eigenvalue weighted by Crippen LogP contribution is -2.43. The van der Waals surface area contributed by atoms with E-state index in [-0.39, 0.29) is 18.4 Å². The van der Waals surface area contributed by atoms with Crippen LogP contribution in [0.5, 0.6) is 0 Å². The Morgan fingerprint density at radius 2 is 2.05 bits per heavy atom. The standard InChI is InChI=1S/C13H16N4O2S/c1-8-4-5-20-12(8)13(19)15-14-11(18)7-17-10(3)6-9(2)16-17/h4-6H,7H2,1-3H3,(H,14,18)(H,15,19). The maximum atomic E-state index is 11.8. The summed E-state index contributed by atoms with van der Waals surface area (Å²) >= 11 is 1.34. The first-order chi connectivity index (χ1) is 9.47. The van der Waals surface area contributed by atoms with Gasteiger partial charge in [-0.2, -0.15) is 5.10 Å². The third-order valence-corrected chi connectivity index (χ3v) is 3.80. The molecular weight excluding hydrogens is 276 g/mol. The van der Waals surface area contributed by atoms with Crippen LogP contribution in [-0.2, 0) is 11.3 Å². The quantitative estimate of drug-likeness (QED) is 0.838. The summed E-state index contributed by atoms with van der Waals surface area (Å²) in [5.41, 5.74) is 7.44. The highest BCUT2D eigenvalue weighted by Crippen LogP contribution is 2.14. The molecule has 0 radical (unpaired) electrons. The number of nitrogens with one attached hydrogen (secondary N) is 2. The van der Waals surface area contributed by atoms with Gasteiger partial charge in [0.1, 0.15) is 6.54 Å². The van der Waals surface area contributed by atoms with E-state index in [1.165, 1.54) is 11.3 Å². The van der Waals surface area contributed by atoms with Crippen LogP contribution in [0.3, 0.4) is 0 Å². The van der Waals surface area contributed by atoms with Crippen molar-refractivity contribution in [3.05, 3.63) is 39.3 Å². The van der Waals surface area contributed by atoms with Gasteiger partial charge in [0.15, 0.2) is 0 Å². The lowest BCUT2D eigenvalue weighted by Gasteiger charge is -2.08. The number of hydrogen-bond acceptors (Lipinski definition) is 4. The molecular formula is C13H16N4O2S. The van der Waals surface area contributed by atoms with Gasteiger partial charge in [0.2, 0.25) is 0 Å². The Morgan fingerprint density at radius 1 is 1.30 bits per heavy atom. The third-order valence-electron chi connectivity index (χ3n) is 2.78. The van der Waals surface area contributed by atoms with E-state index in [4.69, 9.17) is 0 Å². The number of rotatable bonds is 3. The minimum absolute atomic E-state index is 0.0728. The summed E-state index contributed by atoms with van der Waals surface area (Å²) in [7, 11) is 0. The van der Waals surface area contributed by atoms with Gasteiger partial charge in [0.05, 0.1) is 10.6 Å². The maximum absolute atomic E-state index is 11.8. The Balaban J connectivity index is 1.88. The normalized spacial score (nSPS) is 10.3. The summed E-state index contributed by atoms with van der Waals surface area (Å²) in [5.74, 6) is -0.627. The molecule has 0 aliphatic heterocycles. The monoisotopic (exact) mass is 292 g/mol. The minimum Gasteiger partial charge on any atom is -0.271 e. The molecule has 0 aliphatic carbocycles. The molecule has 2 N–H and O–H groups in total. The Morgan fingerprint density at radius 3 is 2.60 bits per heavy atom. The van der Waals surface area contributed by atoms with E-state index in [2.05, 4.69) is 16.0 Å². The van der Waals surface area contributed by atoms with Crippen molar-refractivity contribution < 1.29 is 9.59 Å². The van der Waals surface area contributed by atoms with Gasteiger partial charge in [-0.1, -0.05) is 0 Å². The summed E-state index contributed by atoms with van der Waals surface area (Å²) in [5, 5.41) is 6.02. The molecule has 0 aliphatic rings. The zero-order valence-electron chi connectivity index (χ0n) is 11.6. The molecule has 6 nitrogen and oxygen atoms in total. The molecule has 2 amide bonds. The van der Waals surface area contributed by atoms with Crippen LogP contribution >= 0.6 is 11.3 Å². The molecule has 0 unspecified atom stereocenters. The van der Waals surface area contributed by atoms with Crippen LogP contribution in [0.2, 0.25) is 0 Å². The zero-order valence-corrected chi connectivity index (χ0v) is 12.4. The Bertz CT molecular complexity index is 645. The van der Waals surface area contributed by atoms with Crippen molar-refractivity contribution in [3.63, 3.8) is 0 Å². The molecule has 0 saturated heterocycles. The number of carbonyl (C=O) groups is 2. The first kappa shape index (κ1) is 14.3. The zero-order chi connectivity index (χ0) is 14.7. The van der Waals surface area contributed by atoms with E-state index in [1.807, 2.05) is 38.3 Å². The average Bonchev–Trinajstić information content (AvgIpc) is 2.93. The highest BCUT2D eigenvalue weighted by Gasteiger charge is 2.12. The van der Waals surface area contributed by atoms with E-state index in [0.717, 1.165) is 17.0 Å². The van der Waals surface area contributed by atoms with Crippen molar-refractivity contribution in [2.75, 3.05) is 0 Å². The van der Waals surface area contributed by atoms with Crippen molar-refractivity contribution in [2.45, 2.75) is 27.3 Å². The van der Waals surface area contributed by atoms with Gasteiger partial charge in [-0.15, -0.1) is 11.3 Å². The van der Waals surface area contributed by atoms with Crippen molar-refractivity contribution in [1.29, 1.82) is 0 Å². The van der Waals surface area contributed by atoms with Gasteiger partial charge >= 0.3 is 0 Å². The Kier molecular flexibility index (Phi) is 4.19. The molecule has 0 atom stereocenters. The van der Waals surface area contributed by atoms with E-state index >= 15 is 0 Å². The average molecular weight is 292 g/mol. The van der Waals surface area contributed by atoms with E-state index in [0.29, 0.717) is 4.88 Å². The highest BCUT2D eigenvalue weighted by molar-refractivity contribution is 7.12. The summed E-state index contributed by atoms with van der Waals surface area (Å²) in [6.07, 6.45) is 0. The second kappa shape index (κ2) is 5.87. The van der Waals surface area contributed by atoms with Crippen molar-refractivity contribution in [3.8, 4) is 0 Å². The van der Waals surface area contributed by atoms with Crippen LogP contribution in [0.15, 0.2) is 17.5 Å². The summed E-state index contributed by atoms with van der Waals surface area (Å²) < 4.78 is 1.59. The van der Waals surface area contributed by atoms with E-state index in [9.17, 15) is 9.59 Å². The maximum Gasteiger partial charge on any atom is 0.280 e. The van der Waals surface area contributed by atoms with Crippen LogP contribution in [0.25, 0.3) is 0 Å². The lowest BCUT2D eigenvalue weighted by molar-refractivity contribution is -0.122. The molecule has 0 bridgehead atoms. The predicted molar refractivity (Wildman–Crippen MR) is 76.4 cm³/mol. The summed E-state index contributed by atoms with van der Waals surface area (Å²) in [4.78, 5) is 24.2. The minimum atomic E-state index is -0.321. The van der Waals surface area contributed by atoms with E-state index in [1.54, 1.807) is 4.68 Å². The molecule has 0 saturated carbocycles. The van der Waals surface area contributed by atoms with Crippen LogP contribution in [-0.4, -0.2) is 21.6 Å². The third kappa shape index (κ3) is 3.24. The molecule has 7 heteroatoms. The number of aryl methyl sites for hydroxylation is 3. The number of hydrogen-bond donors (Lipinski definition) is 2. The van der Waals surface area contributed by atoms with Crippen LogP contribution < -0.4 is 10.9 Å². The fraction of sp³-hybridized carbons (Fsp3) is 0.308. The largest absolute Gasteiger partial charge is 0.280 e. The van der Waals surface area contributed by atoms with Gasteiger partial charge in [-0.25, -0.2) is 0 Å². The lowest BCUT2D eigenvalue weighted by atomic mass is 10.3. The van der Waals surface area contributed by atoms with Crippen LogP contribution in [0, 0.1) is 20.8 Å². The number of hydrazine groups is 1. The van der Waals surface area contributed by atoms with Gasteiger partial charge in [-0.3, -0.25) is 25.1 Å². The second-order valence-electron chi connectivity index (χ2n) is 4.52. The molecule has 0 spiro atoms. The fourth-order valence-corrected chi connectivity index (χ4v) is 2.62. The van der Waals surface area contributed by atoms with Crippen molar-refractivity contribution in [2.24, 2.45) is 0 Å². The molecule has 2 aromatic heterocycles. The number of thiophene rings is 1. The molecule has 0 fully saturated rings. The first-order valence-electron chi connectivity index (χ1n) is 6.11. The molecule has 20 heavy (non-hydrogen) atoms. The fourth-order valence-electron chi connectivity index (χ4n) is 1.80. The molecule has 106 valence electrons. The predicted octanol–water partition coefficient (Wildman–Crippen LogP) is 1.33. The van der Waals surface area contributed by atoms with Gasteiger partial charge < -0.3 is 0 Å². The summed E-state index contributed by atoms with van der Waals surface area (Å²) in [6, 6.07) is 3.75. The van der Waals surface area contributed by atoms with E-state index < -0.39 is 0 Å². The molecule has 2 rings (SSSR count). The molecule has 0 aromatic carbocycles. The van der Waals surface area contributed by atoms with Crippen molar-refractivity contribution in [1.82, 2.24) is 20.6 Å². The Labute approximate surface area is 120 Å². The topological polar surface area (TPSA) is 76.0 Å². The second-order valence-corrected chi connectivity index (χ2v) is 5.44. The SMILES string of the molecule is Cc1cc(C)n(CC(=O)NNC(=O)c2sccc2C)n1. The van der Waals surface area contributed by atoms with Crippen LogP contribution in [0.1, 0.15) is 26.6 Å². The first-order valence-corrected chi connectivity index (χ1v) is 6.99. The molecule has 2 aromatic rings. The van der Waals surface area contributed by atoms with Gasteiger partial charge in [0.25, 0.3) is 11.8 Å². The van der Waals surface area contributed by atoms with Crippen LogP contribution in [0.4, 0.5) is 0 Å². The number of nitrogens with zero attached hydrogens (tertiary/aromatic N) is 2. The summed E-state index contributed by atoms with van der Waals surface area (Å²) in [6.45, 7) is 5.66. The number of amides is 2.